The summed E-state index contributed by atoms with van der Waals surface area (Å²) >= 11 is 0. The van der Waals surface area contributed by atoms with E-state index < -0.39 is 6.09 Å². The van der Waals surface area contributed by atoms with Crippen molar-refractivity contribution in [1.82, 2.24) is 19.3 Å². The summed E-state index contributed by atoms with van der Waals surface area (Å²) in [5, 5.41) is 20.7. The predicted octanol–water partition coefficient (Wildman–Crippen LogP) is 8.23. The molecule has 1 saturated heterocycles. The third kappa shape index (κ3) is 7.71. The van der Waals surface area contributed by atoms with Crippen LogP contribution in [0.15, 0.2) is 60.7 Å². The summed E-state index contributed by atoms with van der Waals surface area (Å²) in [6, 6.07) is 18.5. The van der Waals surface area contributed by atoms with E-state index in [4.69, 9.17) is 4.74 Å². The van der Waals surface area contributed by atoms with Crippen LogP contribution in [-0.2, 0) is 31.2 Å². The molecule has 60 heavy (non-hydrogen) atoms. The first kappa shape index (κ1) is 41.6. The number of phenols is 1. The highest BCUT2D eigenvalue weighted by Crippen LogP contribution is 2.49. The molecule has 8 rings (SSSR count). The van der Waals surface area contributed by atoms with E-state index in [1.807, 2.05) is 30.7 Å². The number of morpholine rings is 1. The zero-order valence-electron chi connectivity index (χ0n) is 36.1. The molecule has 0 radical (unpaired) electrons. The molecule has 11 heteroatoms. The molecule has 2 N–H and O–H groups in total. The molecule has 2 unspecified atom stereocenters. The first-order chi connectivity index (χ1) is 28.8. The Labute approximate surface area is 354 Å². The van der Waals surface area contributed by atoms with Crippen molar-refractivity contribution in [1.29, 1.82) is 0 Å². The fourth-order valence-electron chi connectivity index (χ4n) is 11.0. The third-order valence-electron chi connectivity index (χ3n) is 14.4. The van der Waals surface area contributed by atoms with E-state index in [0.29, 0.717) is 61.4 Å². The Balaban J connectivity index is 1.31. The third-order valence-corrected chi connectivity index (χ3v) is 14.4. The summed E-state index contributed by atoms with van der Waals surface area (Å²) in [6.45, 7) is 13.1. The van der Waals surface area contributed by atoms with Crippen LogP contribution in [0.2, 0.25) is 0 Å². The number of hydrogen-bond acceptors (Lipinski definition) is 6. The minimum atomic E-state index is -0.912. The summed E-state index contributed by atoms with van der Waals surface area (Å²) in [5.74, 6) is 0.743. The summed E-state index contributed by atoms with van der Waals surface area (Å²) in [4.78, 5) is 51.1. The van der Waals surface area contributed by atoms with Crippen molar-refractivity contribution >= 4 is 23.6 Å². The number of aromatic nitrogens is 1. The fourth-order valence-corrected chi connectivity index (χ4v) is 11.0. The predicted molar refractivity (Wildman–Crippen MR) is 234 cm³/mol. The summed E-state index contributed by atoms with van der Waals surface area (Å²) in [6.07, 6.45) is 4.58. The maximum Gasteiger partial charge on any atom is 0.407 e. The SMILES string of the molecule is Cc1c2c(cc(C(=O)N3Cc4ccccc4C[C@H]3CN3CCOCC3)c1-c1cc(C(=O)N(C)c3ccc(O)cc3)c(C)n1C)[C@@H](C1CCCCC1C(C)C)N(C(=O)O)CC2. The monoisotopic (exact) mass is 815 g/mol. The lowest BCUT2D eigenvalue weighted by molar-refractivity contribution is 0.0193. The van der Waals surface area contributed by atoms with E-state index in [1.54, 1.807) is 41.1 Å². The van der Waals surface area contributed by atoms with E-state index in [9.17, 15) is 19.8 Å². The summed E-state index contributed by atoms with van der Waals surface area (Å²) in [7, 11) is 3.69. The molecule has 4 atom stereocenters. The van der Waals surface area contributed by atoms with Gasteiger partial charge in [0.1, 0.15) is 5.75 Å². The lowest BCUT2D eigenvalue weighted by Crippen LogP contribution is -2.52. The number of hydrogen-bond donors (Lipinski definition) is 2. The van der Waals surface area contributed by atoms with Gasteiger partial charge in [-0.3, -0.25) is 14.5 Å². The maximum atomic E-state index is 15.9. The first-order valence-electron chi connectivity index (χ1n) is 21.9. The van der Waals surface area contributed by atoms with Crippen LogP contribution in [0.5, 0.6) is 5.75 Å². The van der Waals surface area contributed by atoms with Gasteiger partial charge in [-0.25, -0.2) is 4.79 Å². The molecular weight excluding hydrogens is 755 g/mol. The standard InChI is InChI=1S/C49H61N5O6/c1-30(2)38-13-9-10-14-40(38)46-42-26-43(48(57)54-28-34-12-8-7-11-33(34)25-36(54)29-52-21-23-60-24-22-52)45(31(3)39(42)19-20-53(46)49(58)59)44-27-41(32(4)50(44)5)47(56)51(6)35-15-17-37(55)18-16-35/h7-8,11-12,15-18,26-27,30,36,38,40,46,55H,9-10,13-14,19-25,28-29H2,1-6H3,(H,58,59)/t36-,38?,40?,46+/m0/s1. The van der Waals surface area contributed by atoms with Crippen molar-refractivity contribution in [3.8, 4) is 17.0 Å². The van der Waals surface area contributed by atoms with Crippen LogP contribution in [0.4, 0.5) is 10.5 Å². The van der Waals surface area contributed by atoms with Crippen molar-refractivity contribution < 1.29 is 29.3 Å². The highest BCUT2D eigenvalue weighted by molar-refractivity contribution is 6.08. The molecule has 4 aliphatic rings. The Bertz CT molecular complexity index is 2260. The van der Waals surface area contributed by atoms with E-state index in [0.717, 1.165) is 90.9 Å². The average Bonchev–Trinajstić information content (AvgIpc) is 3.54. The second-order valence-electron chi connectivity index (χ2n) is 18.0. The molecule has 4 aromatic rings. The molecule has 4 heterocycles. The van der Waals surface area contributed by atoms with Gasteiger partial charge in [0.15, 0.2) is 0 Å². The van der Waals surface area contributed by atoms with Crippen molar-refractivity contribution in [3.05, 3.63) is 105 Å². The molecule has 1 aromatic heterocycles. The highest BCUT2D eigenvalue weighted by Gasteiger charge is 2.44. The second kappa shape index (κ2) is 17.1. The molecule has 2 fully saturated rings. The number of rotatable bonds is 8. The Morgan fingerprint density at radius 2 is 1.60 bits per heavy atom. The van der Waals surface area contributed by atoms with Gasteiger partial charge in [-0.05, 0) is 121 Å². The first-order valence-corrected chi connectivity index (χ1v) is 21.9. The number of carbonyl (C=O) groups is 3. The van der Waals surface area contributed by atoms with Crippen LogP contribution in [0, 0.1) is 31.6 Å². The topological polar surface area (TPSA) is 119 Å². The zero-order chi connectivity index (χ0) is 42.4. The Morgan fingerprint density at radius 3 is 2.30 bits per heavy atom. The van der Waals surface area contributed by atoms with Crippen LogP contribution in [-0.4, -0.2) is 99.9 Å². The smallest absolute Gasteiger partial charge is 0.407 e. The minimum Gasteiger partial charge on any atom is -0.508 e. The molecule has 3 aliphatic heterocycles. The van der Waals surface area contributed by atoms with E-state index in [2.05, 4.69) is 54.8 Å². The molecule has 318 valence electrons. The van der Waals surface area contributed by atoms with Gasteiger partial charge in [-0.1, -0.05) is 51.0 Å². The number of anilines is 1. The van der Waals surface area contributed by atoms with Crippen molar-refractivity contribution in [2.24, 2.45) is 24.8 Å². The average molecular weight is 816 g/mol. The lowest BCUT2D eigenvalue weighted by Gasteiger charge is -2.47. The van der Waals surface area contributed by atoms with Gasteiger partial charge < -0.3 is 34.2 Å². The largest absolute Gasteiger partial charge is 0.508 e. The van der Waals surface area contributed by atoms with Gasteiger partial charge in [0.2, 0.25) is 0 Å². The molecule has 3 aromatic carbocycles. The number of carbonyl (C=O) groups excluding carboxylic acids is 2. The van der Waals surface area contributed by atoms with Crippen LogP contribution < -0.4 is 4.90 Å². The highest BCUT2D eigenvalue weighted by atomic mass is 16.5. The molecular formula is C49H61N5O6. The van der Waals surface area contributed by atoms with Gasteiger partial charge in [0, 0.05) is 81.1 Å². The normalized spacial score (nSPS) is 22.1. The molecule has 0 bridgehead atoms. The number of nitrogens with zero attached hydrogens (tertiary/aromatic N) is 5. The van der Waals surface area contributed by atoms with E-state index >= 15 is 4.79 Å². The molecule has 1 aliphatic carbocycles. The van der Waals surface area contributed by atoms with Crippen molar-refractivity contribution in [3.63, 3.8) is 0 Å². The Morgan fingerprint density at radius 1 is 0.900 bits per heavy atom. The van der Waals surface area contributed by atoms with Crippen LogP contribution in [0.25, 0.3) is 11.3 Å². The molecule has 1 saturated carbocycles. The Kier molecular flexibility index (Phi) is 11.8. The van der Waals surface area contributed by atoms with Crippen LogP contribution in [0.1, 0.15) is 99.8 Å². The van der Waals surface area contributed by atoms with Gasteiger partial charge in [0.05, 0.1) is 24.8 Å². The number of benzene rings is 3. The number of ether oxygens (including phenoxy) is 1. The summed E-state index contributed by atoms with van der Waals surface area (Å²) < 4.78 is 7.73. The molecule has 3 amide bonds. The number of carboxylic acid groups (broad SMARTS) is 1. The maximum absolute atomic E-state index is 15.9. The van der Waals surface area contributed by atoms with Crippen LogP contribution in [0.3, 0.4) is 0 Å². The number of fused-ring (bicyclic) bond motifs is 2. The second-order valence-corrected chi connectivity index (χ2v) is 18.0. The quantitative estimate of drug-likeness (QED) is 0.184. The molecule has 11 nitrogen and oxygen atoms in total. The zero-order valence-corrected chi connectivity index (χ0v) is 36.1. The Hall–Kier alpha value is -5.13. The number of phenolic OH excluding ortho intramolecular Hbond substituents is 1. The van der Waals surface area contributed by atoms with Gasteiger partial charge in [0.25, 0.3) is 11.8 Å². The van der Waals surface area contributed by atoms with Gasteiger partial charge >= 0.3 is 6.09 Å². The van der Waals surface area contributed by atoms with Crippen LogP contribution >= 0.6 is 0 Å². The summed E-state index contributed by atoms with van der Waals surface area (Å²) in [5.41, 5.74) is 9.50. The number of amides is 3. The molecule has 0 spiro atoms. The van der Waals surface area contributed by atoms with Gasteiger partial charge in [-0.2, -0.15) is 0 Å². The van der Waals surface area contributed by atoms with Gasteiger partial charge in [-0.15, -0.1) is 0 Å². The fraction of sp³-hybridized carbons (Fsp3) is 0.490. The van der Waals surface area contributed by atoms with E-state index in [-0.39, 0.29) is 35.6 Å². The lowest BCUT2D eigenvalue weighted by atomic mass is 9.66. The number of aromatic hydroxyl groups is 1. The van der Waals surface area contributed by atoms with Crippen molar-refractivity contribution in [2.75, 3.05) is 51.3 Å². The van der Waals surface area contributed by atoms with E-state index in [1.165, 1.54) is 5.56 Å². The minimum absolute atomic E-state index is 0.0770. The van der Waals surface area contributed by atoms with Crippen molar-refractivity contribution in [2.45, 2.75) is 84.8 Å².